The molecule has 1 aliphatic rings. The van der Waals surface area contributed by atoms with Gasteiger partial charge in [0.2, 0.25) is 0 Å². The van der Waals surface area contributed by atoms with Crippen molar-refractivity contribution in [2.45, 2.75) is 13.0 Å². The summed E-state index contributed by atoms with van der Waals surface area (Å²) in [5.74, 6) is 0.0360. The number of rotatable bonds is 1. The summed E-state index contributed by atoms with van der Waals surface area (Å²) in [7, 11) is 0. The highest BCUT2D eigenvalue weighted by Gasteiger charge is 2.21. The van der Waals surface area contributed by atoms with Crippen molar-refractivity contribution in [1.29, 1.82) is 0 Å². The SMILES string of the molecule is O=C(c1ccc(Br)c(Cl)c1)N1CCc2ccccc2C1. The molecule has 2 nitrogen and oxygen atoms in total. The van der Waals surface area contributed by atoms with Crippen LogP contribution in [-0.2, 0) is 13.0 Å². The van der Waals surface area contributed by atoms with Crippen molar-refractivity contribution < 1.29 is 4.79 Å². The summed E-state index contributed by atoms with van der Waals surface area (Å²) >= 11 is 9.40. The zero-order valence-electron chi connectivity index (χ0n) is 10.8. The average Bonchev–Trinajstić information content (AvgIpc) is 2.49. The summed E-state index contributed by atoms with van der Waals surface area (Å²) in [6.07, 6.45) is 0.909. The van der Waals surface area contributed by atoms with E-state index in [1.807, 2.05) is 23.1 Å². The molecule has 0 bridgehead atoms. The highest BCUT2D eigenvalue weighted by atomic mass is 79.9. The van der Waals surface area contributed by atoms with Gasteiger partial charge >= 0.3 is 0 Å². The molecule has 0 aliphatic carbocycles. The van der Waals surface area contributed by atoms with Crippen molar-refractivity contribution in [3.8, 4) is 0 Å². The van der Waals surface area contributed by atoms with E-state index in [1.54, 1.807) is 12.1 Å². The molecular formula is C16H13BrClNO. The molecule has 4 heteroatoms. The van der Waals surface area contributed by atoms with Gasteiger partial charge in [-0.2, -0.15) is 0 Å². The van der Waals surface area contributed by atoms with Crippen molar-refractivity contribution in [3.05, 3.63) is 68.7 Å². The molecule has 0 spiro atoms. The summed E-state index contributed by atoms with van der Waals surface area (Å²) < 4.78 is 0.805. The summed E-state index contributed by atoms with van der Waals surface area (Å²) in [4.78, 5) is 14.4. The predicted octanol–water partition coefficient (Wildman–Crippen LogP) is 4.30. The average molecular weight is 351 g/mol. The highest BCUT2D eigenvalue weighted by molar-refractivity contribution is 9.10. The molecule has 0 atom stereocenters. The first-order valence-electron chi connectivity index (χ1n) is 6.46. The Kier molecular flexibility index (Phi) is 3.81. The van der Waals surface area contributed by atoms with E-state index in [4.69, 9.17) is 11.6 Å². The van der Waals surface area contributed by atoms with Gasteiger partial charge in [-0.3, -0.25) is 4.79 Å². The van der Waals surface area contributed by atoms with Crippen molar-refractivity contribution in [2.75, 3.05) is 6.54 Å². The van der Waals surface area contributed by atoms with Crippen LogP contribution in [0.5, 0.6) is 0 Å². The zero-order chi connectivity index (χ0) is 14.1. The second-order valence-electron chi connectivity index (χ2n) is 4.87. The Hall–Kier alpha value is -1.32. The zero-order valence-corrected chi connectivity index (χ0v) is 13.1. The summed E-state index contributed by atoms with van der Waals surface area (Å²) in [5.41, 5.74) is 3.21. The maximum absolute atomic E-state index is 12.5. The summed E-state index contributed by atoms with van der Waals surface area (Å²) in [6.45, 7) is 1.42. The van der Waals surface area contributed by atoms with E-state index < -0.39 is 0 Å². The molecule has 1 aliphatic heterocycles. The van der Waals surface area contributed by atoms with Gasteiger partial charge in [0.15, 0.2) is 0 Å². The first kappa shape index (κ1) is 13.7. The van der Waals surface area contributed by atoms with Gasteiger partial charge in [-0.25, -0.2) is 0 Å². The Morgan fingerprint density at radius 3 is 2.65 bits per heavy atom. The molecule has 0 saturated heterocycles. The molecule has 3 rings (SSSR count). The Morgan fingerprint density at radius 2 is 1.90 bits per heavy atom. The second kappa shape index (κ2) is 5.58. The van der Waals surface area contributed by atoms with Crippen molar-refractivity contribution in [3.63, 3.8) is 0 Å². The van der Waals surface area contributed by atoms with Gasteiger partial charge in [0.25, 0.3) is 5.91 Å². The lowest BCUT2D eigenvalue weighted by Crippen LogP contribution is -2.35. The van der Waals surface area contributed by atoms with Crippen molar-refractivity contribution >= 4 is 33.4 Å². The highest BCUT2D eigenvalue weighted by Crippen LogP contribution is 2.25. The predicted molar refractivity (Wildman–Crippen MR) is 84.0 cm³/mol. The summed E-state index contributed by atoms with van der Waals surface area (Å²) in [6, 6.07) is 13.6. The molecule has 1 heterocycles. The normalized spacial score (nSPS) is 14.0. The third-order valence-electron chi connectivity index (χ3n) is 3.58. The Labute approximate surface area is 131 Å². The van der Waals surface area contributed by atoms with Crippen LogP contribution in [0, 0.1) is 0 Å². The van der Waals surface area contributed by atoms with Gasteiger partial charge < -0.3 is 4.90 Å². The van der Waals surface area contributed by atoms with Crippen LogP contribution >= 0.6 is 27.5 Å². The lowest BCUT2D eigenvalue weighted by Gasteiger charge is -2.29. The van der Waals surface area contributed by atoms with E-state index >= 15 is 0 Å². The standard InChI is InChI=1S/C16H13BrClNO/c17-14-6-5-12(9-15(14)18)16(20)19-8-7-11-3-1-2-4-13(11)10-19/h1-6,9H,7-8,10H2. The number of carbonyl (C=O) groups excluding carboxylic acids is 1. The van der Waals surface area contributed by atoms with Crippen molar-refractivity contribution in [2.24, 2.45) is 0 Å². The lowest BCUT2D eigenvalue weighted by atomic mass is 9.99. The van der Waals surface area contributed by atoms with Gasteiger partial charge in [-0.15, -0.1) is 0 Å². The van der Waals surface area contributed by atoms with Crippen LogP contribution < -0.4 is 0 Å². The molecule has 0 radical (unpaired) electrons. The minimum atomic E-state index is 0.0360. The largest absolute Gasteiger partial charge is 0.334 e. The van der Waals surface area contributed by atoms with E-state index in [-0.39, 0.29) is 5.91 Å². The Morgan fingerprint density at radius 1 is 1.15 bits per heavy atom. The fourth-order valence-electron chi connectivity index (χ4n) is 2.48. The second-order valence-corrected chi connectivity index (χ2v) is 6.14. The van der Waals surface area contributed by atoms with Crippen LogP contribution in [0.4, 0.5) is 0 Å². The lowest BCUT2D eigenvalue weighted by molar-refractivity contribution is 0.0734. The molecule has 20 heavy (non-hydrogen) atoms. The molecule has 0 fully saturated rings. The number of benzene rings is 2. The minimum absolute atomic E-state index is 0.0360. The molecule has 102 valence electrons. The number of hydrogen-bond acceptors (Lipinski definition) is 1. The number of halogens is 2. The van der Waals surface area contributed by atoms with Crippen LogP contribution in [0.2, 0.25) is 5.02 Å². The Balaban J connectivity index is 1.84. The van der Waals surface area contributed by atoms with Crippen LogP contribution in [0.15, 0.2) is 46.9 Å². The summed E-state index contributed by atoms with van der Waals surface area (Å²) in [5, 5.41) is 0.563. The smallest absolute Gasteiger partial charge is 0.254 e. The topological polar surface area (TPSA) is 20.3 Å². The fraction of sp³-hybridized carbons (Fsp3) is 0.188. The van der Waals surface area contributed by atoms with Gasteiger partial charge in [-0.05, 0) is 51.7 Å². The molecule has 0 unspecified atom stereocenters. The number of carbonyl (C=O) groups is 1. The van der Waals surface area contributed by atoms with Crippen LogP contribution in [0.1, 0.15) is 21.5 Å². The van der Waals surface area contributed by atoms with E-state index in [1.165, 1.54) is 11.1 Å². The van der Waals surface area contributed by atoms with E-state index in [0.717, 1.165) is 17.4 Å². The molecule has 1 amide bonds. The van der Waals surface area contributed by atoms with Crippen LogP contribution in [0.25, 0.3) is 0 Å². The van der Waals surface area contributed by atoms with Crippen LogP contribution in [-0.4, -0.2) is 17.4 Å². The molecule has 2 aromatic rings. The number of hydrogen-bond donors (Lipinski definition) is 0. The van der Waals surface area contributed by atoms with Gasteiger partial charge in [-0.1, -0.05) is 35.9 Å². The fourth-order valence-corrected chi connectivity index (χ4v) is 2.91. The number of amides is 1. The monoisotopic (exact) mass is 349 g/mol. The quantitative estimate of drug-likeness (QED) is 0.751. The first-order chi connectivity index (χ1) is 9.65. The number of nitrogens with zero attached hydrogens (tertiary/aromatic N) is 1. The van der Waals surface area contributed by atoms with Gasteiger partial charge in [0.1, 0.15) is 0 Å². The maximum Gasteiger partial charge on any atom is 0.254 e. The Bertz CT molecular complexity index is 671. The maximum atomic E-state index is 12.5. The van der Waals surface area contributed by atoms with Gasteiger partial charge in [0, 0.05) is 23.1 Å². The first-order valence-corrected chi connectivity index (χ1v) is 7.63. The third-order valence-corrected chi connectivity index (χ3v) is 4.82. The third kappa shape index (κ3) is 2.60. The van der Waals surface area contributed by atoms with Crippen LogP contribution in [0.3, 0.4) is 0 Å². The molecule has 0 saturated carbocycles. The van der Waals surface area contributed by atoms with E-state index in [9.17, 15) is 4.79 Å². The molecular weight excluding hydrogens is 338 g/mol. The van der Waals surface area contributed by atoms with Gasteiger partial charge in [0.05, 0.1) is 5.02 Å². The molecule has 0 N–H and O–H groups in total. The molecule has 0 aromatic heterocycles. The minimum Gasteiger partial charge on any atom is -0.334 e. The molecule has 2 aromatic carbocycles. The van der Waals surface area contributed by atoms with E-state index in [0.29, 0.717) is 17.1 Å². The van der Waals surface area contributed by atoms with E-state index in [2.05, 4.69) is 28.1 Å². The number of fused-ring (bicyclic) bond motifs is 1. The van der Waals surface area contributed by atoms with Crippen molar-refractivity contribution in [1.82, 2.24) is 4.90 Å².